The number of aliphatic hydroxyl groups is 1. The minimum absolute atomic E-state index is 0.0642. The van der Waals surface area contributed by atoms with Gasteiger partial charge in [0.15, 0.2) is 5.60 Å². The molecule has 0 unspecified atom stereocenters. The number of fused-ring (bicyclic) bond motifs is 2. The second kappa shape index (κ2) is 11.4. The van der Waals surface area contributed by atoms with Gasteiger partial charge in [-0.2, -0.15) is 0 Å². The van der Waals surface area contributed by atoms with Gasteiger partial charge >= 0.3 is 0 Å². The lowest BCUT2D eigenvalue weighted by molar-refractivity contribution is -0.149. The number of anilines is 3. The Kier molecular flexibility index (Phi) is 7.95. The Morgan fingerprint density at radius 3 is 2.60 bits per heavy atom. The fraction of sp³-hybridized carbons (Fsp3) is 0.531. The Labute approximate surface area is 252 Å². The Hall–Kier alpha value is -3.12. The lowest BCUT2D eigenvalue weighted by Gasteiger charge is -2.31. The standard InChI is InChI=1S/C32H41FN4O5Si/c1-20-29(43(2,3)33)27(18-28(39)36-16-8-11-23(36)19-38)42-32(20)24-17-21(35-30(40)25-12-7-15-34-25)13-14-26(24)37(31(32)41)22-9-5-4-6-10-22/h4-6,9-10,13-14,17,20,23,25,27,29,34,38H,7-8,11-12,15-16,18-19H2,1-3H3,(H,35,40)/t20-,23-,25+,27+,29-,32+/m0/s1. The maximum atomic E-state index is 16.3. The molecule has 4 aliphatic heterocycles. The first-order valence-electron chi connectivity index (χ1n) is 15.4. The summed E-state index contributed by atoms with van der Waals surface area (Å²) in [5.41, 5.74) is 0.197. The van der Waals surface area contributed by atoms with Crippen LogP contribution in [0.15, 0.2) is 48.5 Å². The van der Waals surface area contributed by atoms with Gasteiger partial charge in [0.25, 0.3) is 5.91 Å². The molecule has 4 heterocycles. The van der Waals surface area contributed by atoms with E-state index >= 15 is 4.11 Å². The van der Waals surface area contributed by atoms with Crippen LogP contribution in [0.5, 0.6) is 0 Å². The molecule has 3 fully saturated rings. The second-order valence-electron chi connectivity index (χ2n) is 12.9. The average molecular weight is 609 g/mol. The van der Waals surface area contributed by atoms with Crippen LogP contribution in [0.1, 0.15) is 44.6 Å². The number of likely N-dealkylation sites (tertiary alicyclic amines) is 1. The molecule has 0 radical (unpaired) electrons. The number of ether oxygens (including phenoxy) is 1. The van der Waals surface area contributed by atoms with Crippen LogP contribution in [0.4, 0.5) is 21.2 Å². The van der Waals surface area contributed by atoms with E-state index in [4.69, 9.17) is 4.74 Å². The van der Waals surface area contributed by atoms with E-state index in [-0.39, 0.29) is 42.8 Å². The number of nitrogens with zero attached hydrogens (tertiary/aromatic N) is 2. The number of hydrogen-bond acceptors (Lipinski definition) is 6. The molecule has 43 heavy (non-hydrogen) atoms. The van der Waals surface area contributed by atoms with Crippen molar-refractivity contribution in [2.24, 2.45) is 5.92 Å². The van der Waals surface area contributed by atoms with Crippen LogP contribution in [-0.2, 0) is 24.7 Å². The van der Waals surface area contributed by atoms with Gasteiger partial charge in [0.05, 0.1) is 36.9 Å². The monoisotopic (exact) mass is 608 g/mol. The molecule has 3 amide bonds. The van der Waals surface area contributed by atoms with E-state index in [9.17, 15) is 19.5 Å². The molecular weight excluding hydrogens is 567 g/mol. The van der Waals surface area contributed by atoms with Gasteiger partial charge in [-0.15, -0.1) is 0 Å². The number of amides is 3. The summed E-state index contributed by atoms with van der Waals surface area (Å²) in [5.74, 6) is -1.23. The predicted octanol–water partition coefficient (Wildman–Crippen LogP) is 4.20. The number of aliphatic hydroxyl groups excluding tert-OH is 1. The summed E-state index contributed by atoms with van der Waals surface area (Å²) in [4.78, 5) is 44.5. The first-order valence-corrected chi connectivity index (χ1v) is 18.4. The normalized spacial score (nSPS) is 30.3. The summed E-state index contributed by atoms with van der Waals surface area (Å²) in [6.07, 6.45) is 2.33. The number of carbonyl (C=O) groups is 3. The van der Waals surface area contributed by atoms with Crippen molar-refractivity contribution >= 4 is 43.2 Å². The third-order valence-corrected chi connectivity index (χ3v) is 12.3. The maximum absolute atomic E-state index is 16.3. The predicted molar refractivity (Wildman–Crippen MR) is 164 cm³/mol. The van der Waals surface area contributed by atoms with Crippen LogP contribution in [0, 0.1) is 5.92 Å². The van der Waals surface area contributed by atoms with Gasteiger partial charge in [0.2, 0.25) is 20.2 Å². The molecule has 4 aliphatic rings. The highest BCUT2D eigenvalue weighted by Crippen LogP contribution is 2.61. The molecule has 2 aromatic rings. The summed E-state index contributed by atoms with van der Waals surface area (Å²) in [5, 5.41) is 16.0. The Morgan fingerprint density at radius 1 is 1.16 bits per heavy atom. The van der Waals surface area contributed by atoms with E-state index in [1.165, 1.54) is 0 Å². The van der Waals surface area contributed by atoms with Crippen LogP contribution in [0.2, 0.25) is 18.6 Å². The van der Waals surface area contributed by atoms with Crippen molar-refractivity contribution in [3.8, 4) is 0 Å². The number of benzene rings is 2. The molecule has 3 N–H and O–H groups in total. The fourth-order valence-electron chi connectivity index (χ4n) is 7.86. The van der Waals surface area contributed by atoms with E-state index in [1.807, 2.05) is 43.3 Å². The molecule has 0 aromatic heterocycles. The van der Waals surface area contributed by atoms with Crippen molar-refractivity contribution in [1.82, 2.24) is 10.2 Å². The van der Waals surface area contributed by atoms with Gasteiger partial charge < -0.3 is 29.5 Å². The topological polar surface area (TPSA) is 111 Å². The Bertz CT molecular complexity index is 1400. The maximum Gasteiger partial charge on any atom is 0.268 e. The van der Waals surface area contributed by atoms with E-state index in [2.05, 4.69) is 10.6 Å². The van der Waals surface area contributed by atoms with Crippen molar-refractivity contribution in [2.45, 2.75) is 81.5 Å². The van der Waals surface area contributed by atoms with Crippen LogP contribution in [0.25, 0.3) is 0 Å². The molecule has 0 bridgehead atoms. The number of hydrogen-bond donors (Lipinski definition) is 3. The van der Waals surface area contributed by atoms with Crippen molar-refractivity contribution in [2.75, 3.05) is 29.9 Å². The average Bonchev–Trinajstić information content (AvgIpc) is 3.76. The fourth-order valence-corrected chi connectivity index (χ4v) is 10.4. The number of carbonyl (C=O) groups excluding carboxylic acids is 3. The summed E-state index contributed by atoms with van der Waals surface area (Å²) >= 11 is 0. The van der Waals surface area contributed by atoms with Crippen LogP contribution >= 0.6 is 0 Å². The molecule has 6 rings (SSSR count). The van der Waals surface area contributed by atoms with Gasteiger partial charge in [-0.05, 0) is 75.7 Å². The van der Waals surface area contributed by atoms with Crippen LogP contribution in [-0.4, -0.2) is 74.0 Å². The minimum Gasteiger partial charge on any atom is -0.394 e. The Morgan fingerprint density at radius 2 is 1.93 bits per heavy atom. The molecular formula is C32H41FN4O5Si. The van der Waals surface area contributed by atoms with E-state index in [0.717, 1.165) is 32.2 Å². The second-order valence-corrected chi connectivity index (χ2v) is 16.7. The zero-order chi connectivity index (χ0) is 30.5. The number of halogens is 1. The van der Waals surface area contributed by atoms with E-state index in [0.29, 0.717) is 29.2 Å². The number of para-hydroxylation sites is 1. The first kappa shape index (κ1) is 29.9. The van der Waals surface area contributed by atoms with E-state index in [1.54, 1.807) is 35.0 Å². The zero-order valence-electron chi connectivity index (χ0n) is 25.0. The van der Waals surface area contributed by atoms with Gasteiger partial charge in [-0.3, -0.25) is 19.3 Å². The summed E-state index contributed by atoms with van der Waals surface area (Å²) in [7, 11) is -3.48. The van der Waals surface area contributed by atoms with Gasteiger partial charge in [-0.1, -0.05) is 25.1 Å². The van der Waals surface area contributed by atoms with Gasteiger partial charge in [0, 0.05) is 34.9 Å². The van der Waals surface area contributed by atoms with Crippen LogP contribution < -0.4 is 15.5 Å². The van der Waals surface area contributed by atoms with E-state index < -0.39 is 31.6 Å². The molecule has 230 valence electrons. The highest BCUT2D eigenvalue weighted by atomic mass is 28.4. The summed E-state index contributed by atoms with van der Waals surface area (Å²) < 4.78 is 23.0. The molecule has 6 atom stereocenters. The SMILES string of the molecule is C[C@H]1[C@H]([Si](C)(C)F)[C@@H](CC(=O)N2CCC[C@H]2CO)O[C@]12C(=O)N(c1ccccc1)c1ccc(NC(=O)[C@H]3CCCN3)cc12. The van der Waals surface area contributed by atoms with Gasteiger partial charge in [0.1, 0.15) is 0 Å². The van der Waals surface area contributed by atoms with Crippen molar-refractivity contribution in [1.29, 1.82) is 0 Å². The summed E-state index contributed by atoms with van der Waals surface area (Å²) in [6.45, 7) is 6.30. The molecule has 2 aromatic carbocycles. The minimum atomic E-state index is -3.48. The third-order valence-electron chi connectivity index (χ3n) is 9.81. The van der Waals surface area contributed by atoms with Crippen molar-refractivity contribution in [3.05, 3.63) is 54.1 Å². The summed E-state index contributed by atoms with van der Waals surface area (Å²) in [6, 6.07) is 14.1. The zero-order valence-corrected chi connectivity index (χ0v) is 26.0. The molecule has 9 nitrogen and oxygen atoms in total. The number of rotatable bonds is 7. The van der Waals surface area contributed by atoms with Crippen molar-refractivity contribution < 1.29 is 28.3 Å². The highest BCUT2D eigenvalue weighted by Gasteiger charge is 2.67. The lowest BCUT2D eigenvalue weighted by atomic mass is 9.82. The third kappa shape index (κ3) is 5.09. The quantitative estimate of drug-likeness (QED) is 0.321. The van der Waals surface area contributed by atoms with Crippen LogP contribution in [0.3, 0.4) is 0 Å². The molecule has 0 saturated carbocycles. The van der Waals surface area contributed by atoms with Gasteiger partial charge in [-0.25, -0.2) is 0 Å². The Balaban J connectivity index is 1.41. The molecule has 0 aliphatic carbocycles. The molecule has 1 spiro atoms. The number of nitrogens with one attached hydrogen (secondary N) is 2. The highest BCUT2D eigenvalue weighted by molar-refractivity contribution is 6.72. The first-order chi connectivity index (χ1) is 20.6. The lowest BCUT2D eigenvalue weighted by Crippen LogP contribution is -2.44. The largest absolute Gasteiger partial charge is 0.394 e. The molecule has 3 saturated heterocycles. The smallest absolute Gasteiger partial charge is 0.268 e. The molecule has 11 heteroatoms. The van der Waals surface area contributed by atoms with Crippen molar-refractivity contribution in [3.63, 3.8) is 0 Å².